The van der Waals surface area contributed by atoms with Gasteiger partial charge in [0.2, 0.25) is 0 Å². The van der Waals surface area contributed by atoms with Crippen molar-refractivity contribution in [3.8, 4) is 0 Å². The van der Waals surface area contributed by atoms with Gasteiger partial charge >= 0.3 is 0 Å². The summed E-state index contributed by atoms with van der Waals surface area (Å²) in [6, 6.07) is 6.51. The van der Waals surface area contributed by atoms with E-state index in [0.717, 1.165) is 15.4 Å². The maximum atomic E-state index is 5.64. The molecule has 0 aliphatic rings. The predicted molar refractivity (Wildman–Crippen MR) is 80.7 cm³/mol. The zero-order valence-electron chi connectivity index (χ0n) is 10.2. The lowest BCUT2D eigenvalue weighted by Gasteiger charge is -2.17. The molecule has 3 N–H and O–H groups in total. The Morgan fingerprint density at radius 1 is 1.12 bits per heavy atom. The number of unbranched alkanes of at least 4 members (excludes halogenated alkanes) is 3. The van der Waals surface area contributed by atoms with Crippen molar-refractivity contribution >= 4 is 31.9 Å². The van der Waals surface area contributed by atoms with Crippen molar-refractivity contribution in [2.45, 2.75) is 45.1 Å². The Bertz CT molecular complexity index is 322. The van der Waals surface area contributed by atoms with Crippen molar-refractivity contribution in [3.63, 3.8) is 0 Å². The first kappa shape index (κ1) is 15.2. The highest BCUT2D eigenvalue weighted by Crippen LogP contribution is 2.26. The molecule has 0 bridgehead atoms. The van der Waals surface area contributed by atoms with E-state index in [9.17, 15) is 0 Å². The van der Waals surface area contributed by atoms with Crippen LogP contribution in [0.1, 0.15) is 50.6 Å². The van der Waals surface area contributed by atoms with Crippen LogP contribution >= 0.6 is 31.9 Å². The van der Waals surface area contributed by atoms with E-state index in [1.54, 1.807) is 0 Å². The molecule has 1 unspecified atom stereocenters. The van der Waals surface area contributed by atoms with Crippen LogP contribution in [0.25, 0.3) is 0 Å². The number of halogens is 2. The van der Waals surface area contributed by atoms with Gasteiger partial charge in [0, 0.05) is 15.0 Å². The number of hydrazine groups is 1. The van der Waals surface area contributed by atoms with Crippen LogP contribution < -0.4 is 11.3 Å². The zero-order chi connectivity index (χ0) is 12.7. The highest BCUT2D eigenvalue weighted by Gasteiger charge is 2.10. The van der Waals surface area contributed by atoms with E-state index in [4.69, 9.17) is 5.84 Å². The molecule has 2 nitrogen and oxygen atoms in total. The summed E-state index contributed by atoms with van der Waals surface area (Å²) in [6.45, 7) is 2.23. The minimum atomic E-state index is 0.237. The average Bonchev–Trinajstić information content (AvgIpc) is 2.28. The second-order valence-electron chi connectivity index (χ2n) is 4.27. The molecule has 0 radical (unpaired) electrons. The normalized spacial score (nSPS) is 12.7. The van der Waals surface area contributed by atoms with Gasteiger partial charge < -0.3 is 0 Å². The number of hydrogen-bond acceptors (Lipinski definition) is 2. The first-order valence-corrected chi connectivity index (χ1v) is 7.68. The number of nitrogens with one attached hydrogen (secondary N) is 1. The van der Waals surface area contributed by atoms with Gasteiger partial charge in [-0.1, -0.05) is 64.5 Å². The van der Waals surface area contributed by atoms with Gasteiger partial charge in [0.05, 0.1) is 0 Å². The monoisotopic (exact) mass is 362 g/mol. The number of rotatable bonds is 7. The molecule has 0 aliphatic heterocycles. The minimum Gasteiger partial charge on any atom is -0.271 e. The molecule has 4 heteroatoms. The maximum absolute atomic E-state index is 5.64. The summed E-state index contributed by atoms with van der Waals surface area (Å²) >= 11 is 7.01. The van der Waals surface area contributed by atoms with Gasteiger partial charge in [0.15, 0.2) is 0 Å². The predicted octanol–water partition coefficient (Wildman–Crippen LogP) is 4.69. The quantitative estimate of drug-likeness (QED) is 0.419. The molecule has 0 aromatic heterocycles. The molecule has 0 saturated carbocycles. The van der Waals surface area contributed by atoms with E-state index >= 15 is 0 Å². The van der Waals surface area contributed by atoms with Gasteiger partial charge in [0.25, 0.3) is 0 Å². The molecular weight excluding hydrogens is 344 g/mol. The first-order valence-electron chi connectivity index (χ1n) is 6.09. The Labute approximate surface area is 121 Å². The van der Waals surface area contributed by atoms with Crippen LogP contribution in [0.4, 0.5) is 0 Å². The number of nitrogens with two attached hydrogens (primary N) is 1. The Kier molecular flexibility index (Phi) is 7.35. The van der Waals surface area contributed by atoms with Crippen molar-refractivity contribution in [1.82, 2.24) is 5.43 Å². The fourth-order valence-electron chi connectivity index (χ4n) is 1.90. The van der Waals surface area contributed by atoms with E-state index in [1.165, 1.54) is 31.2 Å². The second-order valence-corrected chi connectivity index (χ2v) is 6.10. The SMILES string of the molecule is CCCCCCC(NN)c1cc(Br)cc(Br)c1. The topological polar surface area (TPSA) is 38.0 Å². The lowest BCUT2D eigenvalue weighted by Crippen LogP contribution is -2.28. The summed E-state index contributed by atoms with van der Waals surface area (Å²) in [6.07, 6.45) is 6.15. The zero-order valence-corrected chi connectivity index (χ0v) is 13.4. The number of benzene rings is 1. The van der Waals surface area contributed by atoms with Gasteiger partial charge in [-0.25, -0.2) is 0 Å². The van der Waals surface area contributed by atoms with E-state index in [0.29, 0.717) is 0 Å². The number of hydrogen-bond donors (Lipinski definition) is 2. The second kappa shape index (κ2) is 8.25. The standard InChI is InChI=1S/C13H20Br2N2/c1-2-3-4-5-6-13(17-16)10-7-11(14)9-12(15)8-10/h7-9,13,17H,2-6,16H2,1H3. The van der Waals surface area contributed by atoms with Gasteiger partial charge in [-0.05, 0) is 30.2 Å². The van der Waals surface area contributed by atoms with E-state index in [2.05, 4.69) is 56.3 Å². The Balaban J connectivity index is 2.59. The first-order chi connectivity index (χ1) is 8.17. The summed E-state index contributed by atoms with van der Waals surface area (Å²) in [4.78, 5) is 0. The van der Waals surface area contributed by atoms with Crippen LogP contribution in [-0.4, -0.2) is 0 Å². The summed E-state index contributed by atoms with van der Waals surface area (Å²) in [5.74, 6) is 5.64. The lowest BCUT2D eigenvalue weighted by molar-refractivity contribution is 0.481. The van der Waals surface area contributed by atoms with Crippen molar-refractivity contribution in [1.29, 1.82) is 0 Å². The van der Waals surface area contributed by atoms with Gasteiger partial charge in [0.1, 0.15) is 0 Å². The van der Waals surface area contributed by atoms with Crippen molar-refractivity contribution in [2.75, 3.05) is 0 Å². The molecule has 0 amide bonds. The van der Waals surface area contributed by atoms with Crippen molar-refractivity contribution in [2.24, 2.45) is 5.84 Å². The largest absolute Gasteiger partial charge is 0.271 e. The third-order valence-electron chi connectivity index (χ3n) is 2.83. The average molecular weight is 364 g/mol. The molecule has 0 heterocycles. The minimum absolute atomic E-state index is 0.237. The Morgan fingerprint density at radius 3 is 2.29 bits per heavy atom. The highest BCUT2D eigenvalue weighted by atomic mass is 79.9. The van der Waals surface area contributed by atoms with Crippen LogP contribution in [0.3, 0.4) is 0 Å². The summed E-state index contributed by atoms with van der Waals surface area (Å²) in [7, 11) is 0. The fraction of sp³-hybridized carbons (Fsp3) is 0.538. The third kappa shape index (κ3) is 5.51. The molecule has 1 atom stereocenters. The molecule has 17 heavy (non-hydrogen) atoms. The van der Waals surface area contributed by atoms with Crippen LogP contribution in [0, 0.1) is 0 Å². The lowest BCUT2D eigenvalue weighted by atomic mass is 10.0. The van der Waals surface area contributed by atoms with E-state index in [1.807, 2.05) is 6.07 Å². The molecule has 0 saturated heterocycles. The van der Waals surface area contributed by atoms with Gasteiger partial charge in [-0.15, -0.1) is 0 Å². The molecule has 0 fully saturated rings. The molecule has 0 aliphatic carbocycles. The Hall–Kier alpha value is 0.1000. The fourth-order valence-corrected chi connectivity index (χ4v) is 3.23. The molecule has 0 spiro atoms. The maximum Gasteiger partial charge on any atom is 0.0460 e. The van der Waals surface area contributed by atoms with Gasteiger partial charge in [-0.2, -0.15) is 0 Å². The van der Waals surface area contributed by atoms with Crippen LogP contribution in [-0.2, 0) is 0 Å². The van der Waals surface area contributed by atoms with E-state index < -0.39 is 0 Å². The molecule has 1 rings (SSSR count). The van der Waals surface area contributed by atoms with Crippen LogP contribution in [0.15, 0.2) is 27.1 Å². The van der Waals surface area contributed by atoms with E-state index in [-0.39, 0.29) is 6.04 Å². The molecule has 96 valence electrons. The highest BCUT2D eigenvalue weighted by molar-refractivity contribution is 9.11. The Morgan fingerprint density at radius 2 is 1.76 bits per heavy atom. The van der Waals surface area contributed by atoms with Crippen LogP contribution in [0.5, 0.6) is 0 Å². The van der Waals surface area contributed by atoms with Gasteiger partial charge in [-0.3, -0.25) is 11.3 Å². The smallest absolute Gasteiger partial charge is 0.0460 e. The molecule has 1 aromatic carbocycles. The van der Waals surface area contributed by atoms with Crippen molar-refractivity contribution < 1.29 is 0 Å². The molecular formula is C13H20Br2N2. The molecule has 1 aromatic rings. The summed E-state index contributed by atoms with van der Waals surface area (Å²) in [5, 5.41) is 0. The summed E-state index contributed by atoms with van der Waals surface area (Å²) < 4.78 is 2.16. The van der Waals surface area contributed by atoms with Crippen molar-refractivity contribution in [3.05, 3.63) is 32.7 Å². The summed E-state index contributed by atoms with van der Waals surface area (Å²) in [5.41, 5.74) is 4.14. The third-order valence-corrected chi connectivity index (χ3v) is 3.75. The van der Waals surface area contributed by atoms with Crippen LogP contribution in [0.2, 0.25) is 0 Å².